The zero-order valence-electron chi connectivity index (χ0n) is 7.28. The average molecular weight is 178 g/mol. The van der Waals surface area contributed by atoms with E-state index in [0.717, 1.165) is 5.69 Å². The Bertz CT molecular complexity index is 321. The van der Waals surface area contributed by atoms with Gasteiger partial charge in [0.15, 0.2) is 0 Å². The number of rotatable bonds is 1. The van der Waals surface area contributed by atoms with Crippen LogP contribution in [0.15, 0.2) is 24.3 Å². The minimum absolute atomic E-state index is 0.253. The summed E-state index contributed by atoms with van der Waals surface area (Å²) in [5.41, 5.74) is 4.64. The van der Waals surface area contributed by atoms with Gasteiger partial charge >= 0.3 is 5.97 Å². The molecule has 1 aliphatic heterocycles. The van der Waals surface area contributed by atoms with Gasteiger partial charge in [-0.2, -0.15) is 0 Å². The highest BCUT2D eigenvalue weighted by atomic mass is 16.7. The molecule has 0 spiro atoms. The molecule has 1 N–H and O–H groups in total. The fourth-order valence-corrected chi connectivity index (χ4v) is 1.17. The van der Waals surface area contributed by atoms with Crippen LogP contribution in [0.4, 0.5) is 5.69 Å². The maximum Gasteiger partial charge on any atom is 0.347 e. The molecule has 4 heteroatoms. The van der Waals surface area contributed by atoms with Crippen molar-refractivity contribution in [2.24, 2.45) is 0 Å². The van der Waals surface area contributed by atoms with Gasteiger partial charge in [0.05, 0.1) is 5.69 Å². The lowest BCUT2D eigenvalue weighted by Gasteiger charge is -2.13. The molecule has 1 aliphatic rings. The van der Waals surface area contributed by atoms with Gasteiger partial charge in [0, 0.05) is 0 Å². The molecular weight excluding hydrogens is 168 g/mol. The molecule has 1 heterocycles. The van der Waals surface area contributed by atoms with Crippen molar-refractivity contribution in [1.29, 1.82) is 0 Å². The molecule has 0 atom stereocenters. The second-order valence-corrected chi connectivity index (χ2v) is 2.99. The number of nitrogens with zero attached hydrogens (tertiary/aromatic N) is 1. The van der Waals surface area contributed by atoms with E-state index >= 15 is 0 Å². The molecule has 1 aromatic rings. The number of aryl methyl sites for hydroxylation is 1. The first-order valence-corrected chi connectivity index (χ1v) is 4.05. The van der Waals surface area contributed by atoms with Crippen LogP contribution in [0.25, 0.3) is 0 Å². The second-order valence-electron chi connectivity index (χ2n) is 2.99. The Balaban J connectivity index is 2.17. The van der Waals surface area contributed by atoms with Crippen LogP contribution < -0.4 is 10.6 Å². The van der Waals surface area contributed by atoms with E-state index in [1.54, 1.807) is 5.01 Å². The minimum atomic E-state index is -0.263. The SMILES string of the molecule is Cc1ccc(N2CC(=O)ON2)cc1. The third-order valence-corrected chi connectivity index (χ3v) is 1.90. The van der Waals surface area contributed by atoms with E-state index in [2.05, 4.69) is 10.4 Å². The summed E-state index contributed by atoms with van der Waals surface area (Å²) in [6.45, 7) is 2.27. The molecule has 13 heavy (non-hydrogen) atoms. The molecule has 0 aliphatic carbocycles. The molecule has 0 radical (unpaired) electrons. The van der Waals surface area contributed by atoms with Gasteiger partial charge in [-0.05, 0) is 19.1 Å². The van der Waals surface area contributed by atoms with Gasteiger partial charge in [-0.15, -0.1) is 0 Å². The monoisotopic (exact) mass is 178 g/mol. The summed E-state index contributed by atoms with van der Waals surface area (Å²) in [7, 11) is 0. The lowest BCUT2D eigenvalue weighted by atomic mass is 10.2. The lowest BCUT2D eigenvalue weighted by molar-refractivity contribution is -0.141. The Morgan fingerprint density at radius 3 is 2.62 bits per heavy atom. The summed E-state index contributed by atoms with van der Waals surface area (Å²) in [6, 6.07) is 7.84. The number of anilines is 1. The molecule has 1 aromatic carbocycles. The maximum absolute atomic E-state index is 10.8. The zero-order valence-corrected chi connectivity index (χ0v) is 7.28. The van der Waals surface area contributed by atoms with Crippen LogP contribution in [-0.4, -0.2) is 12.5 Å². The molecule has 0 aromatic heterocycles. The number of hydrazine groups is 1. The quantitative estimate of drug-likeness (QED) is 0.690. The van der Waals surface area contributed by atoms with Crippen LogP contribution in [0, 0.1) is 6.92 Å². The molecule has 68 valence electrons. The summed E-state index contributed by atoms with van der Waals surface area (Å²) < 4.78 is 0. The van der Waals surface area contributed by atoms with E-state index < -0.39 is 0 Å². The van der Waals surface area contributed by atoms with Crippen molar-refractivity contribution in [2.75, 3.05) is 11.6 Å². The summed E-state index contributed by atoms with van der Waals surface area (Å²) in [6.07, 6.45) is 0. The number of nitrogens with one attached hydrogen (secondary N) is 1. The van der Waals surface area contributed by atoms with Gasteiger partial charge in [-0.3, -0.25) is 5.01 Å². The van der Waals surface area contributed by atoms with Crippen molar-refractivity contribution in [2.45, 2.75) is 6.92 Å². The molecule has 2 rings (SSSR count). The van der Waals surface area contributed by atoms with Crippen molar-refractivity contribution in [3.8, 4) is 0 Å². The smallest absolute Gasteiger partial charge is 0.347 e. The lowest BCUT2D eigenvalue weighted by Crippen LogP contribution is -2.29. The van der Waals surface area contributed by atoms with Crippen molar-refractivity contribution < 1.29 is 9.63 Å². The zero-order chi connectivity index (χ0) is 9.26. The van der Waals surface area contributed by atoms with E-state index in [9.17, 15) is 4.79 Å². The van der Waals surface area contributed by atoms with Gasteiger partial charge in [0.2, 0.25) is 0 Å². The van der Waals surface area contributed by atoms with Crippen LogP contribution >= 0.6 is 0 Å². The molecule has 4 nitrogen and oxygen atoms in total. The second kappa shape index (κ2) is 3.06. The van der Waals surface area contributed by atoms with Crippen LogP contribution in [0.5, 0.6) is 0 Å². The van der Waals surface area contributed by atoms with Gasteiger partial charge in [0.1, 0.15) is 6.54 Å². The largest absolute Gasteiger partial charge is 0.349 e. The standard InChI is InChI=1S/C9H10N2O2/c1-7-2-4-8(5-3-7)11-6-9(12)13-10-11/h2-5,10H,6H2,1H3. The van der Waals surface area contributed by atoms with Crippen LogP contribution in [-0.2, 0) is 9.63 Å². The Labute approximate surface area is 76.0 Å². The summed E-state index contributed by atoms with van der Waals surface area (Å²) in [5, 5.41) is 1.65. The first-order chi connectivity index (χ1) is 6.25. The molecule has 1 saturated heterocycles. The molecule has 0 saturated carbocycles. The fourth-order valence-electron chi connectivity index (χ4n) is 1.17. The molecule has 1 fully saturated rings. The van der Waals surface area contributed by atoms with Crippen molar-refractivity contribution in [1.82, 2.24) is 5.59 Å². The average Bonchev–Trinajstić information content (AvgIpc) is 2.53. The summed E-state index contributed by atoms with van der Waals surface area (Å²) >= 11 is 0. The fraction of sp³-hybridized carbons (Fsp3) is 0.222. The van der Waals surface area contributed by atoms with Gasteiger partial charge in [0.25, 0.3) is 0 Å². The third-order valence-electron chi connectivity index (χ3n) is 1.90. The Morgan fingerprint density at radius 2 is 2.08 bits per heavy atom. The van der Waals surface area contributed by atoms with Crippen molar-refractivity contribution in [3.63, 3.8) is 0 Å². The van der Waals surface area contributed by atoms with Gasteiger partial charge in [-0.25, -0.2) is 4.79 Å². The van der Waals surface area contributed by atoms with E-state index in [4.69, 9.17) is 0 Å². The molecule has 0 bridgehead atoms. The first-order valence-electron chi connectivity index (χ1n) is 4.05. The Hall–Kier alpha value is -1.55. The van der Waals surface area contributed by atoms with Crippen molar-refractivity contribution in [3.05, 3.63) is 29.8 Å². The van der Waals surface area contributed by atoms with Gasteiger partial charge in [-0.1, -0.05) is 23.3 Å². The van der Waals surface area contributed by atoms with Crippen LogP contribution in [0.3, 0.4) is 0 Å². The number of benzene rings is 1. The number of carbonyl (C=O) groups excluding carboxylic acids is 1. The predicted octanol–water partition coefficient (Wildman–Crippen LogP) is 0.778. The highest BCUT2D eigenvalue weighted by molar-refractivity contribution is 5.77. The topological polar surface area (TPSA) is 41.6 Å². The highest BCUT2D eigenvalue weighted by Crippen LogP contribution is 2.14. The predicted molar refractivity (Wildman–Crippen MR) is 47.8 cm³/mol. The Kier molecular flexibility index (Phi) is 1.90. The van der Waals surface area contributed by atoms with Gasteiger partial charge < -0.3 is 4.84 Å². The number of hydrogen-bond acceptors (Lipinski definition) is 4. The van der Waals surface area contributed by atoms with E-state index in [1.165, 1.54) is 5.56 Å². The molecule has 0 unspecified atom stereocenters. The number of hydrogen-bond donors (Lipinski definition) is 1. The Morgan fingerprint density at radius 1 is 1.38 bits per heavy atom. The van der Waals surface area contributed by atoms with Crippen molar-refractivity contribution >= 4 is 11.7 Å². The maximum atomic E-state index is 10.8. The summed E-state index contributed by atoms with van der Waals surface area (Å²) in [5.74, 6) is -0.263. The third kappa shape index (κ3) is 1.62. The highest BCUT2D eigenvalue weighted by Gasteiger charge is 2.20. The first kappa shape index (κ1) is 8.07. The van der Waals surface area contributed by atoms with Crippen LogP contribution in [0.2, 0.25) is 0 Å². The normalized spacial score (nSPS) is 16.1. The minimum Gasteiger partial charge on any atom is -0.349 e. The number of carbonyl (C=O) groups is 1. The summed E-state index contributed by atoms with van der Waals surface area (Å²) in [4.78, 5) is 15.4. The molecule has 0 amide bonds. The van der Waals surface area contributed by atoms with E-state index in [1.807, 2.05) is 31.2 Å². The van der Waals surface area contributed by atoms with E-state index in [0.29, 0.717) is 0 Å². The van der Waals surface area contributed by atoms with E-state index in [-0.39, 0.29) is 12.5 Å². The van der Waals surface area contributed by atoms with Crippen LogP contribution in [0.1, 0.15) is 5.56 Å². The molecular formula is C9H10N2O2.